The van der Waals surface area contributed by atoms with E-state index in [4.69, 9.17) is 0 Å². The molecule has 0 amide bonds. The van der Waals surface area contributed by atoms with Crippen molar-refractivity contribution in [1.29, 1.82) is 0 Å². The molecular formula is C31H37N5O3S2. The standard InChI is InChI=1S/C31H37N5O3S2/c37-29(26-8-4-19-32-21-26)22-33-20-18-24-10-14-27(15-11-24)36-41(38,39)28-16-12-25(13-17-28)31-34-30(40-35-31)9-3-7-23-5-1-2-6-23/h4,8,10-17,19,21,23,29,33,36-37H,1-3,5-7,9,18,20,22H2. The molecule has 0 saturated heterocycles. The van der Waals surface area contributed by atoms with Crippen molar-refractivity contribution in [2.24, 2.45) is 5.92 Å². The number of rotatable bonds is 14. The summed E-state index contributed by atoms with van der Waals surface area (Å²) in [6, 6.07) is 17.7. The molecule has 10 heteroatoms. The minimum Gasteiger partial charge on any atom is -0.387 e. The van der Waals surface area contributed by atoms with Gasteiger partial charge in [-0.25, -0.2) is 13.4 Å². The summed E-state index contributed by atoms with van der Waals surface area (Å²) in [6.45, 7) is 1.12. The maximum absolute atomic E-state index is 13.0. The van der Waals surface area contributed by atoms with Crippen LogP contribution in [0, 0.1) is 5.92 Å². The van der Waals surface area contributed by atoms with Crippen molar-refractivity contribution < 1.29 is 13.5 Å². The Morgan fingerprint density at radius 3 is 2.51 bits per heavy atom. The third-order valence-corrected chi connectivity index (χ3v) is 9.74. The van der Waals surface area contributed by atoms with Crippen LogP contribution in [-0.2, 0) is 22.9 Å². The Kier molecular flexibility index (Phi) is 10.1. The fraction of sp³-hybridized carbons (Fsp3) is 0.387. The normalized spacial score (nSPS) is 14.8. The van der Waals surface area contributed by atoms with Gasteiger partial charge in [-0.2, -0.15) is 4.37 Å². The van der Waals surface area contributed by atoms with Crippen LogP contribution in [0.3, 0.4) is 0 Å². The lowest BCUT2D eigenvalue weighted by Gasteiger charge is -2.12. The first kappa shape index (κ1) is 29.3. The summed E-state index contributed by atoms with van der Waals surface area (Å²) in [7, 11) is -3.73. The second kappa shape index (κ2) is 14.1. The third kappa shape index (κ3) is 8.42. The van der Waals surface area contributed by atoms with Crippen LogP contribution in [0.5, 0.6) is 0 Å². The van der Waals surface area contributed by atoms with Gasteiger partial charge in [-0.05, 0) is 84.9 Å². The zero-order chi connectivity index (χ0) is 28.5. The first-order valence-electron chi connectivity index (χ1n) is 14.3. The first-order valence-corrected chi connectivity index (χ1v) is 16.6. The van der Waals surface area contributed by atoms with E-state index in [0.717, 1.165) is 46.9 Å². The average Bonchev–Trinajstić information content (AvgIpc) is 3.69. The number of nitrogens with one attached hydrogen (secondary N) is 2. The van der Waals surface area contributed by atoms with Crippen LogP contribution in [0.2, 0.25) is 0 Å². The molecular weight excluding hydrogens is 555 g/mol. The molecule has 0 spiro atoms. The smallest absolute Gasteiger partial charge is 0.261 e. The minimum absolute atomic E-state index is 0.189. The van der Waals surface area contributed by atoms with E-state index in [1.807, 2.05) is 18.2 Å². The van der Waals surface area contributed by atoms with Gasteiger partial charge in [-0.1, -0.05) is 50.3 Å². The van der Waals surface area contributed by atoms with Gasteiger partial charge < -0.3 is 10.4 Å². The molecule has 1 aliphatic carbocycles. The highest BCUT2D eigenvalue weighted by molar-refractivity contribution is 7.92. The van der Waals surface area contributed by atoms with Gasteiger partial charge in [0.05, 0.1) is 11.0 Å². The number of aliphatic hydroxyl groups is 1. The largest absolute Gasteiger partial charge is 0.387 e. The summed E-state index contributed by atoms with van der Waals surface area (Å²) in [5.74, 6) is 1.54. The van der Waals surface area contributed by atoms with Crippen molar-refractivity contribution in [2.45, 2.75) is 62.4 Å². The zero-order valence-corrected chi connectivity index (χ0v) is 24.7. The number of nitrogens with zero attached hydrogens (tertiary/aromatic N) is 3. The van der Waals surface area contributed by atoms with Crippen molar-refractivity contribution in [1.82, 2.24) is 19.7 Å². The SMILES string of the molecule is O=S(=O)(Nc1ccc(CCNCC(O)c2cccnc2)cc1)c1ccc(-c2nsc(CCCC3CCCC3)n2)cc1. The Morgan fingerprint density at radius 2 is 1.78 bits per heavy atom. The summed E-state index contributed by atoms with van der Waals surface area (Å²) in [6.07, 6.45) is 12.3. The van der Waals surface area contributed by atoms with Crippen molar-refractivity contribution in [3.63, 3.8) is 0 Å². The van der Waals surface area contributed by atoms with Gasteiger partial charge in [0.2, 0.25) is 0 Å². The van der Waals surface area contributed by atoms with Crippen LogP contribution in [0.15, 0.2) is 78.0 Å². The third-order valence-electron chi connectivity index (χ3n) is 7.57. The molecule has 1 atom stereocenters. The Labute approximate surface area is 246 Å². The molecule has 4 aromatic rings. The maximum atomic E-state index is 13.0. The van der Waals surface area contributed by atoms with Gasteiger partial charge in [-0.15, -0.1) is 0 Å². The molecule has 1 saturated carbocycles. The quantitative estimate of drug-likeness (QED) is 0.159. The lowest BCUT2D eigenvalue weighted by atomic mass is 10.0. The van der Waals surface area contributed by atoms with E-state index < -0.39 is 16.1 Å². The number of anilines is 1. The average molecular weight is 592 g/mol. The summed E-state index contributed by atoms with van der Waals surface area (Å²) in [4.78, 5) is 8.90. The Bertz CT molecular complexity index is 1470. The van der Waals surface area contributed by atoms with E-state index in [-0.39, 0.29) is 4.90 Å². The monoisotopic (exact) mass is 591 g/mol. The predicted molar refractivity (Wildman–Crippen MR) is 163 cm³/mol. The summed E-state index contributed by atoms with van der Waals surface area (Å²) in [5.41, 5.74) is 3.16. The van der Waals surface area contributed by atoms with Crippen LogP contribution in [0.1, 0.15) is 60.8 Å². The molecule has 2 aromatic carbocycles. The number of aromatic nitrogens is 3. The Morgan fingerprint density at radius 1 is 1.00 bits per heavy atom. The van der Waals surface area contributed by atoms with Crippen molar-refractivity contribution in [2.75, 3.05) is 17.8 Å². The van der Waals surface area contributed by atoms with Crippen LogP contribution >= 0.6 is 11.5 Å². The second-order valence-corrected chi connectivity index (χ2v) is 13.2. The van der Waals surface area contributed by atoms with Crippen LogP contribution < -0.4 is 10.0 Å². The van der Waals surface area contributed by atoms with Gasteiger partial charge in [0.25, 0.3) is 10.0 Å². The number of aliphatic hydroxyl groups excluding tert-OH is 1. The van der Waals surface area contributed by atoms with Gasteiger partial charge in [0, 0.05) is 42.2 Å². The van der Waals surface area contributed by atoms with E-state index in [0.29, 0.717) is 24.6 Å². The molecule has 41 heavy (non-hydrogen) atoms. The Hall–Kier alpha value is -3.18. The highest BCUT2D eigenvalue weighted by Gasteiger charge is 2.17. The molecule has 1 unspecified atom stereocenters. The van der Waals surface area contributed by atoms with Crippen LogP contribution in [-0.4, -0.2) is 41.0 Å². The molecule has 216 valence electrons. The van der Waals surface area contributed by atoms with Gasteiger partial charge in [-0.3, -0.25) is 9.71 Å². The topological polar surface area (TPSA) is 117 Å². The second-order valence-electron chi connectivity index (χ2n) is 10.6. The molecule has 1 fully saturated rings. The van der Waals surface area contributed by atoms with Gasteiger partial charge in [0.1, 0.15) is 5.01 Å². The molecule has 3 N–H and O–H groups in total. The summed E-state index contributed by atoms with van der Waals surface area (Å²) < 4.78 is 33.1. The molecule has 0 radical (unpaired) electrons. The molecule has 8 nitrogen and oxygen atoms in total. The molecule has 2 aromatic heterocycles. The van der Waals surface area contributed by atoms with E-state index in [9.17, 15) is 13.5 Å². The van der Waals surface area contributed by atoms with Crippen LogP contribution in [0.4, 0.5) is 5.69 Å². The number of sulfonamides is 1. The molecule has 5 rings (SSSR count). The van der Waals surface area contributed by atoms with E-state index in [1.54, 1.807) is 54.9 Å². The molecule has 2 heterocycles. The van der Waals surface area contributed by atoms with E-state index >= 15 is 0 Å². The highest BCUT2D eigenvalue weighted by atomic mass is 32.2. The van der Waals surface area contributed by atoms with Crippen LogP contribution in [0.25, 0.3) is 11.4 Å². The zero-order valence-electron chi connectivity index (χ0n) is 23.1. The van der Waals surface area contributed by atoms with Crippen molar-refractivity contribution >= 4 is 27.2 Å². The first-order chi connectivity index (χ1) is 20.0. The molecule has 0 bridgehead atoms. The Balaban J connectivity index is 1.08. The van der Waals surface area contributed by atoms with Gasteiger partial charge >= 0.3 is 0 Å². The fourth-order valence-corrected chi connectivity index (χ4v) is 6.97. The number of pyridine rings is 1. The number of hydrogen-bond donors (Lipinski definition) is 3. The molecule has 0 aliphatic heterocycles. The summed E-state index contributed by atoms with van der Waals surface area (Å²) >= 11 is 1.44. The molecule has 1 aliphatic rings. The number of benzene rings is 2. The number of aryl methyl sites for hydroxylation is 1. The van der Waals surface area contributed by atoms with Gasteiger partial charge in [0.15, 0.2) is 5.82 Å². The van der Waals surface area contributed by atoms with Crippen molar-refractivity contribution in [3.8, 4) is 11.4 Å². The maximum Gasteiger partial charge on any atom is 0.261 e. The number of hydrogen-bond acceptors (Lipinski definition) is 8. The van der Waals surface area contributed by atoms with E-state index in [2.05, 4.69) is 24.4 Å². The van der Waals surface area contributed by atoms with E-state index in [1.165, 1.54) is 43.6 Å². The predicted octanol–water partition coefficient (Wildman–Crippen LogP) is 5.78. The fourth-order valence-electron chi connectivity index (χ4n) is 5.21. The summed E-state index contributed by atoms with van der Waals surface area (Å²) in [5, 5.41) is 14.5. The highest BCUT2D eigenvalue weighted by Crippen LogP contribution is 2.29. The minimum atomic E-state index is -3.73. The van der Waals surface area contributed by atoms with Crippen molar-refractivity contribution in [3.05, 3.63) is 89.2 Å². The lowest BCUT2D eigenvalue weighted by molar-refractivity contribution is 0.174. The lowest BCUT2D eigenvalue weighted by Crippen LogP contribution is -2.23.